The summed E-state index contributed by atoms with van der Waals surface area (Å²) in [5, 5.41) is 15.2. The Balaban J connectivity index is 1.54. The summed E-state index contributed by atoms with van der Waals surface area (Å²) in [5.41, 5.74) is 0.888. The molecule has 0 spiro atoms. The van der Waals surface area contributed by atoms with Crippen LogP contribution in [0.2, 0.25) is 0 Å². The molecule has 3 rings (SSSR count). The number of aromatic nitrogens is 2. The molecule has 0 bridgehead atoms. The first kappa shape index (κ1) is 18.0. The van der Waals surface area contributed by atoms with Gasteiger partial charge in [-0.15, -0.1) is 10.2 Å². The number of nitrogens with one attached hydrogen (secondary N) is 2. The summed E-state index contributed by atoms with van der Waals surface area (Å²) >= 11 is 2.88. The molecular weight excluding hydrogens is 356 g/mol. The second-order valence-electron chi connectivity index (χ2n) is 5.98. The molecule has 1 amide bonds. The summed E-state index contributed by atoms with van der Waals surface area (Å²) in [4.78, 5) is 12.3. The van der Waals surface area contributed by atoms with Gasteiger partial charge in [-0.1, -0.05) is 42.0 Å². The zero-order valence-electron chi connectivity index (χ0n) is 14.3. The second kappa shape index (κ2) is 8.53. The monoisotopic (exact) mass is 378 g/mol. The molecule has 6 nitrogen and oxygen atoms in total. The average Bonchev–Trinajstić information content (AvgIpc) is 3.27. The van der Waals surface area contributed by atoms with E-state index in [-0.39, 0.29) is 11.2 Å². The fraction of sp³-hybridized carbons (Fsp3) is 0.471. The van der Waals surface area contributed by atoms with Gasteiger partial charge in [-0.05, 0) is 31.9 Å². The predicted molar refractivity (Wildman–Crippen MR) is 102 cm³/mol. The predicted octanol–water partition coefficient (Wildman–Crippen LogP) is 3.83. The van der Waals surface area contributed by atoms with Crippen molar-refractivity contribution in [3.05, 3.63) is 24.3 Å². The molecule has 0 saturated heterocycles. The number of hydrogen-bond acceptors (Lipinski definition) is 7. The van der Waals surface area contributed by atoms with Gasteiger partial charge in [0.15, 0.2) is 4.34 Å². The van der Waals surface area contributed by atoms with Crippen LogP contribution < -0.4 is 15.4 Å². The molecule has 1 unspecified atom stereocenters. The van der Waals surface area contributed by atoms with Crippen LogP contribution in [0.25, 0.3) is 0 Å². The van der Waals surface area contributed by atoms with Crippen molar-refractivity contribution in [3.8, 4) is 5.75 Å². The molecule has 1 heterocycles. The maximum Gasteiger partial charge on any atom is 0.233 e. The Bertz CT molecular complexity index is 716. The number of hydrogen-bond donors (Lipinski definition) is 2. The van der Waals surface area contributed by atoms with Gasteiger partial charge in [0, 0.05) is 17.8 Å². The van der Waals surface area contributed by atoms with E-state index in [0.29, 0.717) is 11.2 Å². The molecule has 1 aliphatic rings. The van der Waals surface area contributed by atoms with Crippen LogP contribution in [0.1, 0.15) is 32.6 Å². The van der Waals surface area contributed by atoms with Crippen molar-refractivity contribution in [2.45, 2.75) is 48.2 Å². The van der Waals surface area contributed by atoms with Crippen molar-refractivity contribution in [2.24, 2.45) is 0 Å². The minimum absolute atomic E-state index is 0.0782. The summed E-state index contributed by atoms with van der Waals surface area (Å²) in [6, 6.07) is 7.97. The molecule has 0 radical (unpaired) electrons. The highest BCUT2D eigenvalue weighted by atomic mass is 32.2. The highest BCUT2D eigenvalue weighted by Crippen LogP contribution is 2.31. The van der Waals surface area contributed by atoms with Crippen molar-refractivity contribution in [3.63, 3.8) is 0 Å². The first-order chi connectivity index (χ1) is 12.1. The highest BCUT2D eigenvalue weighted by Gasteiger charge is 2.22. The van der Waals surface area contributed by atoms with Gasteiger partial charge in [0.1, 0.15) is 5.75 Å². The molecule has 1 aromatic carbocycles. The van der Waals surface area contributed by atoms with E-state index >= 15 is 0 Å². The van der Waals surface area contributed by atoms with Crippen LogP contribution in [0.3, 0.4) is 0 Å². The number of anilines is 2. The Morgan fingerprint density at radius 1 is 1.36 bits per heavy atom. The molecule has 1 saturated carbocycles. The molecule has 8 heteroatoms. The van der Waals surface area contributed by atoms with E-state index in [4.69, 9.17) is 4.74 Å². The topological polar surface area (TPSA) is 76.1 Å². The minimum atomic E-state index is -0.182. The van der Waals surface area contributed by atoms with Crippen molar-refractivity contribution in [1.82, 2.24) is 15.5 Å². The summed E-state index contributed by atoms with van der Waals surface area (Å²) in [6.45, 7) is 1.91. The van der Waals surface area contributed by atoms with Crippen LogP contribution in [0.5, 0.6) is 5.75 Å². The maximum atomic E-state index is 12.3. The Morgan fingerprint density at radius 2 is 2.16 bits per heavy atom. The molecule has 1 aliphatic carbocycles. The van der Waals surface area contributed by atoms with Crippen LogP contribution in [0, 0.1) is 0 Å². The summed E-state index contributed by atoms with van der Waals surface area (Å²) in [5.74, 6) is 0.857. The number of methoxy groups -OCH3 is 1. The van der Waals surface area contributed by atoms with Gasteiger partial charge < -0.3 is 15.4 Å². The van der Waals surface area contributed by atoms with Gasteiger partial charge in [-0.25, -0.2) is 0 Å². The number of benzene rings is 1. The number of ether oxygens (including phenoxy) is 1. The smallest absolute Gasteiger partial charge is 0.233 e. The van der Waals surface area contributed by atoms with Gasteiger partial charge in [0.25, 0.3) is 0 Å². The van der Waals surface area contributed by atoms with E-state index in [2.05, 4.69) is 20.8 Å². The number of amides is 1. The molecule has 1 aromatic heterocycles. The Hall–Kier alpha value is -1.80. The zero-order chi connectivity index (χ0) is 17.6. The average molecular weight is 379 g/mol. The lowest BCUT2D eigenvalue weighted by molar-refractivity contribution is -0.120. The number of thioether (sulfide) groups is 1. The molecule has 134 valence electrons. The van der Waals surface area contributed by atoms with E-state index in [9.17, 15) is 4.79 Å². The maximum absolute atomic E-state index is 12.3. The third kappa shape index (κ3) is 5.09. The van der Waals surface area contributed by atoms with Gasteiger partial charge in [-0.2, -0.15) is 0 Å². The van der Waals surface area contributed by atoms with Crippen LogP contribution >= 0.6 is 23.1 Å². The van der Waals surface area contributed by atoms with Crippen LogP contribution in [0.15, 0.2) is 28.6 Å². The van der Waals surface area contributed by atoms with E-state index in [1.54, 1.807) is 7.11 Å². The Morgan fingerprint density at radius 3 is 2.92 bits per heavy atom. The second-order valence-corrected chi connectivity index (χ2v) is 8.55. The largest absolute Gasteiger partial charge is 0.497 e. The van der Waals surface area contributed by atoms with Gasteiger partial charge in [0.05, 0.1) is 12.4 Å². The lowest BCUT2D eigenvalue weighted by Gasteiger charge is -2.15. The molecular formula is C17H22N4O2S2. The standard InChI is InChI=1S/C17H22N4O2S2/c1-11(15(22)18-12-6-3-4-7-12)24-17-21-20-16(25-17)19-13-8-5-9-14(10-13)23-2/h5,8-12H,3-4,6-7H2,1-2H3,(H,18,22)(H,19,20). The van der Waals surface area contributed by atoms with Gasteiger partial charge in [-0.3, -0.25) is 4.79 Å². The molecule has 25 heavy (non-hydrogen) atoms. The summed E-state index contributed by atoms with van der Waals surface area (Å²) in [6.07, 6.45) is 4.61. The Labute approximate surface area is 155 Å². The number of carbonyl (C=O) groups excluding carboxylic acids is 1. The van der Waals surface area contributed by atoms with E-state index < -0.39 is 0 Å². The van der Waals surface area contributed by atoms with E-state index in [1.165, 1.54) is 35.9 Å². The molecule has 1 fully saturated rings. The van der Waals surface area contributed by atoms with E-state index in [1.807, 2.05) is 31.2 Å². The van der Waals surface area contributed by atoms with Crippen molar-refractivity contribution < 1.29 is 9.53 Å². The minimum Gasteiger partial charge on any atom is -0.497 e. The third-order valence-corrected chi connectivity index (χ3v) is 6.10. The first-order valence-electron chi connectivity index (χ1n) is 8.35. The van der Waals surface area contributed by atoms with Gasteiger partial charge in [0.2, 0.25) is 11.0 Å². The van der Waals surface area contributed by atoms with Crippen LogP contribution in [0.4, 0.5) is 10.8 Å². The highest BCUT2D eigenvalue weighted by molar-refractivity contribution is 8.02. The van der Waals surface area contributed by atoms with Gasteiger partial charge >= 0.3 is 0 Å². The zero-order valence-corrected chi connectivity index (χ0v) is 16.0. The fourth-order valence-corrected chi connectivity index (χ4v) is 4.65. The summed E-state index contributed by atoms with van der Waals surface area (Å²) in [7, 11) is 1.64. The molecule has 0 aliphatic heterocycles. The van der Waals surface area contributed by atoms with Crippen LogP contribution in [-0.2, 0) is 4.79 Å². The summed E-state index contributed by atoms with van der Waals surface area (Å²) < 4.78 is 5.99. The lowest BCUT2D eigenvalue weighted by Crippen LogP contribution is -2.37. The van der Waals surface area contributed by atoms with E-state index in [0.717, 1.165) is 28.6 Å². The SMILES string of the molecule is COc1cccc(Nc2nnc(SC(C)C(=O)NC3CCCC3)s2)c1. The first-order valence-corrected chi connectivity index (χ1v) is 10.1. The lowest BCUT2D eigenvalue weighted by atomic mass is 10.2. The number of rotatable bonds is 7. The van der Waals surface area contributed by atoms with Crippen molar-refractivity contribution >= 4 is 39.8 Å². The molecule has 1 atom stereocenters. The quantitative estimate of drug-likeness (QED) is 0.713. The van der Waals surface area contributed by atoms with Crippen molar-refractivity contribution in [1.29, 1.82) is 0 Å². The number of nitrogens with zero attached hydrogens (tertiary/aromatic N) is 2. The molecule has 2 aromatic rings. The van der Waals surface area contributed by atoms with Crippen LogP contribution in [-0.4, -0.2) is 34.5 Å². The number of carbonyl (C=O) groups is 1. The Kier molecular flexibility index (Phi) is 6.14. The molecule has 2 N–H and O–H groups in total. The fourth-order valence-electron chi connectivity index (χ4n) is 2.73. The normalized spacial score (nSPS) is 15.8. The van der Waals surface area contributed by atoms with Crippen molar-refractivity contribution in [2.75, 3.05) is 12.4 Å². The third-order valence-electron chi connectivity index (χ3n) is 4.08.